The predicted molar refractivity (Wildman–Crippen MR) is 81.3 cm³/mol. The molecule has 3 heteroatoms. The fourth-order valence-electron chi connectivity index (χ4n) is 2.93. The number of urea groups is 1. The number of hydrogen-bond donors (Lipinski definition) is 1. The highest BCUT2D eigenvalue weighted by atomic mass is 16.2. The average Bonchev–Trinajstić information content (AvgIpc) is 2.47. The number of carbonyl (C=O) groups is 1. The van der Waals surface area contributed by atoms with Gasteiger partial charge in [0.1, 0.15) is 0 Å². The smallest absolute Gasteiger partial charge is 0.317 e. The Hall–Kier alpha value is -0.730. The lowest BCUT2D eigenvalue weighted by Gasteiger charge is -2.31. The number of nitrogens with zero attached hydrogens (tertiary/aromatic N) is 1. The van der Waals surface area contributed by atoms with E-state index in [4.69, 9.17) is 0 Å². The molecule has 1 N–H and O–H groups in total. The van der Waals surface area contributed by atoms with Crippen molar-refractivity contribution in [1.82, 2.24) is 10.2 Å². The first-order valence-electron chi connectivity index (χ1n) is 8.19. The third-order valence-electron chi connectivity index (χ3n) is 4.53. The summed E-state index contributed by atoms with van der Waals surface area (Å²) < 4.78 is 0. The van der Waals surface area contributed by atoms with Crippen LogP contribution in [0.4, 0.5) is 4.79 Å². The molecular formula is C16H32N2O. The lowest BCUT2D eigenvalue weighted by Crippen LogP contribution is -2.45. The summed E-state index contributed by atoms with van der Waals surface area (Å²) in [5, 5.41) is 3.13. The molecule has 0 radical (unpaired) electrons. The van der Waals surface area contributed by atoms with Gasteiger partial charge in [0.2, 0.25) is 0 Å². The molecule has 0 spiro atoms. The largest absolute Gasteiger partial charge is 0.338 e. The standard InChI is InChI=1S/C16H32N2O/c1-4-6-10-14(5-2)13-17-16(19)18(3)15-11-8-7-9-12-15/h14-15H,4-13H2,1-3H3,(H,17,19). The minimum Gasteiger partial charge on any atom is -0.338 e. The summed E-state index contributed by atoms with van der Waals surface area (Å²) in [4.78, 5) is 14.1. The number of rotatable bonds is 7. The Morgan fingerprint density at radius 3 is 2.53 bits per heavy atom. The average molecular weight is 268 g/mol. The Morgan fingerprint density at radius 2 is 1.95 bits per heavy atom. The third kappa shape index (κ3) is 5.84. The second-order valence-corrected chi connectivity index (χ2v) is 6.01. The summed E-state index contributed by atoms with van der Waals surface area (Å²) in [6.07, 6.45) is 11.1. The van der Waals surface area contributed by atoms with Gasteiger partial charge in [0.05, 0.1) is 0 Å². The molecule has 0 saturated heterocycles. The van der Waals surface area contributed by atoms with Crippen LogP contribution in [0.1, 0.15) is 71.6 Å². The topological polar surface area (TPSA) is 32.3 Å². The Bertz CT molecular complexity index is 249. The van der Waals surface area contributed by atoms with E-state index in [1.807, 2.05) is 11.9 Å². The van der Waals surface area contributed by atoms with Gasteiger partial charge < -0.3 is 10.2 Å². The SMILES string of the molecule is CCCCC(CC)CNC(=O)N(C)C1CCCCC1. The lowest BCUT2D eigenvalue weighted by atomic mass is 9.95. The minimum atomic E-state index is 0.127. The van der Waals surface area contributed by atoms with Crippen LogP contribution < -0.4 is 5.32 Å². The van der Waals surface area contributed by atoms with Gasteiger partial charge in [-0.15, -0.1) is 0 Å². The quantitative estimate of drug-likeness (QED) is 0.738. The molecular weight excluding hydrogens is 236 g/mol. The monoisotopic (exact) mass is 268 g/mol. The van der Waals surface area contributed by atoms with Gasteiger partial charge in [-0.2, -0.15) is 0 Å². The van der Waals surface area contributed by atoms with Gasteiger partial charge in [0.15, 0.2) is 0 Å². The van der Waals surface area contributed by atoms with E-state index < -0.39 is 0 Å². The van der Waals surface area contributed by atoms with E-state index in [0.717, 1.165) is 13.0 Å². The van der Waals surface area contributed by atoms with E-state index >= 15 is 0 Å². The molecule has 1 aliphatic carbocycles. The van der Waals surface area contributed by atoms with Crippen LogP contribution in [0.15, 0.2) is 0 Å². The van der Waals surface area contributed by atoms with Gasteiger partial charge in [-0.1, -0.05) is 52.4 Å². The molecule has 0 aromatic heterocycles. The number of hydrogen-bond acceptors (Lipinski definition) is 1. The van der Waals surface area contributed by atoms with Crippen molar-refractivity contribution in [1.29, 1.82) is 0 Å². The molecule has 1 saturated carbocycles. The second kappa shape index (κ2) is 9.22. The Morgan fingerprint density at radius 1 is 1.26 bits per heavy atom. The van der Waals surface area contributed by atoms with Gasteiger partial charge >= 0.3 is 6.03 Å². The Balaban J connectivity index is 2.28. The van der Waals surface area contributed by atoms with E-state index in [-0.39, 0.29) is 6.03 Å². The molecule has 0 heterocycles. The first kappa shape index (κ1) is 16.3. The van der Waals surface area contributed by atoms with Gasteiger partial charge in [0.25, 0.3) is 0 Å². The van der Waals surface area contributed by atoms with Crippen LogP contribution in [0.3, 0.4) is 0 Å². The summed E-state index contributed by atoms with van der Waals surface area (Å²) in [6.45, 7) is 5.28. The Labute approximate surface area is 119 Å². The molecule has 1 atom stereocenters. The number of carbonyl (C=O) groups excluding carboxylic acids is 1. The van der Waals surface area contributed by atoms with E-state index in [1.54, 1.807) is 0 Å². The number of amides is 2. The Kier molecular flexibility index (Phi) is 7.92. The lowest BCUT2D eigenvalue weighted by molar-refractivity contribution is 0.171. The van der Waals surface area contributed by atoms with Gasteiger partial charge in [0, 0.05) is 19.6 Å². The molecule has 0 bridgehead atoms. The molecule has 3 nitrogen and oxygen atoms in total. The maximum Gasteiger partial charge on any atom is 0.317 e. The summed E-state index contributed by atoms with van der Waals surface area (Å²) in [6, 6.07) is 0.589. The summed E-state index contributed by atoms with van der Waals surface area (Å²) in [5.41, 5.74) is 0. The van der Waals surface area contributed by atoms with Crippen molar-refractivity contribution >= 4 is 6.03 Å². The van der Waals surface area contributed by atoms with Gasteiger partial charge in [-0.05, 0) is 25.2 Å². The molecule has 0 aliphatic heterocycles. The van der Waals surface area contributed by atoms with Crippen LogP contribution in [-0.4, -0.2) is 30.6 Å². The normalized spacial score (nSPS) is 18.1. The zero-order valence-corrected chi connectivity index (χ0v) is 13.1. The summed E-state index contributed by atoms with van der Waals surface area (Å²) in [5.74, 6) is 0.642. The van der Waals surface area contributed by atoms with Crippen LogP contribution in [0, 0.1) is 5.92 Å². The van der Waals surface area contributed by atoms with E-state index in [9.17, 15) is 4.79 Å². The van der Waals surface area contributed by atoms with Crippen molar-refractivity contribution in [3.8, 4) is 0 Å². The van der Waals surface area contributed by atoms with Crippen LogP contribution in [-0.2, 0) is 0 Å². The number of nitrogens with one attached hydrogen (secondary N) is 1. The highest BCUT2D eigenvalue weighted by molar-refractivity contribution is 5.74. The fraction of sp³-hybridized carbons (Fsp3) is 0.938. The molecule has 0 aromatic rings. The molecule has 0 aromatic carbocycles. The molecule has 1 fully saturated rings. The third-order valence-corrected chi connectivity index (χ3v) is 4.53. The molecule has 2 amide bonds. The molecule has 19 heavy (non-hydrogen) atoms. The highest BCUT2D eigenvalue weighted by Crippen LogP contribution is 2.21. The zero-order valence-electron chi connectivity index (χ0n) is 13.1. The van der Waals surface area contributed by atoms with Crippen LogP contribution in [0.25, 0.3) is 0 Å². The van der Waals surface area contributed by atoms with Crippen molar-refractivity contribution in [2.45, 2.75) is 77.7 Å². The maximum atomic E-state index is 12.2. The first-order chi connectivity index (χ1) is 9.19. The van der Waals surface area contributed by atoms with Crippen molar-refractivity contribution in [2.24, 2.45) is 5.92 Å². The van der Waals surface area contributed by atoms with Gasteiger partial charge in [-0.3, -0.25) is 0 Å². The maximum absolute atomic E-state index is 12.2. The van der Waals surface area contributed by atoms with Crippen molar-refractivity contribution < 1.29 is 4.79 Å². The van der Waals surface area contributed by atoms with Crippen LogP contribution in [0.5, 0.6) is 0 Å². The molecule has 1 unspecified atom stereocenters. The predicted octanol–water partition coefficient (Wildman–Crippen LogP) is 4.18. The highest BCUT2D eigenvalue weighted by Gasteiger charge is 2.22. The van der Waals surface area contributed by atoms with E-state index in [1.165, 1.54) is 51.4 Å². The van der Waals surface area contributed by atoms with Crippen molar-refractivity contribution in [3.63, 3.8) is 0 Å². The minimum absolute atomic E-state index is 0.127. The first-order valence-corrected chi connectivity index (χ1v) is 8.19. The van der Waals surface area contributed by atoms with Crippen molar-refractivity contribution in [3.05, 3.63) is 0 Å². The summed E-state index contributed by atoms with van der Waals surface area (Å²) in [7, 11) is 1.96. The fourth-order valence-corrected chi connectivity index (χ4v) is 2.93. The molecule has 112 valence electrons. The van der Waals surface area contributed by atoms with E-state index in [0.29, 0.717) is 12.0 Å². The second-order valence-electron chi connectivity index (χ2n) is 6.01. The molecule has 1 aliphatic rings. The van der Waals surface area contributed by atoms with Crippen molar-refractivity contribution in [2.75, 3.05) is 13.6 Å². The van der Waals surface area contributed by atoms with Crippen LogP contribution >= 0.6 is 0 Å². The van der Waals surface area contributed by atoms with Crippen LogP contribution in [0.2, 0.25) is 0 Å². The zero-order chi connectivity index (χ0) is 14.1. The van der Waals surface area contributed by atoms with E-state index in [2.05, 4.69) is 19.2 Å². The number of unbranched alkanes of at least 4 members (excludes halogenated alkanes) is 1. The molecule has 1 rings (SSSR count). The summed E-state index contributed by atoms with van der Waals surface area (Å²) >= 11 is 0. The van der Waals surface area contributed by atoms with Gasteiger partial charge in [-0.25, -0.2) is 4.79 Å².